The van der Waals surface area contributed by atoms with Crippen molar-refractivity contribution in [2.24, 2.45) is 0 Å². The Hall–Kier alpha value is -2.06. The van der Waals surface area contributed by atoms with Crippen LogP contribution < -0.4 is 5.32 Å². The molecular formula is C14H18N2O3. The van der Waals surface area contributed by atoms with E-state index in [1.54, 1.807) is 19.1 Å². The number of furan rings is 1. The quantitative estimate of drug-likeness (QED) is 0.463. The van der Waals surface area contributed by atoms with Crippen LogP contribution in [-0.2, 0) is 9.53 Å². The summed E-state index contributed by atoms with van der Waals surface area (Å²) < 4.78 is 10.5. The van der Waals surface area contributed by atoms with Gasteiger partial charge in [-0.1, -0.05) is 0 Å². The van der Waals surface area contributed by atoms with Gasteiger partial charge in [-0.05, 0) is 32.4 Å². The van der Waals surface area contributed by atoms with Crippen molar-refractivity contribution < 1.29 is 13.9 Å². The van der Waals surface area contributed by atoms with E-state index in [9.17, 15) is 4.79 Å². The van der Waals surface area contributed by atoms with Crippen LogP contribution in [0.2, 0.25) is 0 Å². The summed E-state index contributed by atoms with van der Waals surface area (Å²) in [7, 11) is 0. The molecule has 1 heterocycles. The van der Waals surface area contributed by atoms with E-state index in [2.05, 4.69) is 5.32 Å². The predicted octanol–water partition coefficient (Wildman–Crippen LogP) is 2.04. The Morgan fingerprint density at radius 1 is 1.58 bits per heavy atom. The SMILES string of the molecule is CCOCCCNC(=O)/C(C#N)=C/c1ccc(C)o1. The van der Waals surface area contributed by atoms with Crippen molar-refractivity contribution in [1.29, 1.82) is 5.26 Å². The summed E-state index contributed by atoms with van der Waals surface area (Å²) in [6.45, 7) is 5.46. The van der Waals surface area contributed by atoms with E-state index >= 15 is 0 Å². The number of ether oxygens (including phenoxy) is 1. The maximum Gasteiger partial charge on any atom is 0.262 e. The maximum atomic E-state index is 11.7. The molecule has 0 fully saturated rings. The van der Waals surface area contributed by atoms with Crippen LogP contribution in [0.3, 0.4) is 0 Å². The van der Waals surface area contributed by atoms with E-state index < -0.39 is 5.91 Å². The number of amides is 1. The summed E-state index contributed by atoms with van der Waals surface area (Å²) in [6.07, 6.45) is 2.16. The first-order chi connectivity index (χ1) is 9.17. The molecule has 1 amide bonds. The minimum absolute atomic E-state index is 0.0331. The van der Waals surface area contributed by atoms with Gasteiger partial charge in [-0.25, -0.2) is 0 Å². The molecule has 0 saturated carbocycles. The molecule has 0 unspecified atom stereocenters. The number of hydrogen-bond donors (Lipinski definition) is 1. The van der Waals surface area contributed by atoms with Crippen molar-refractivity contribution in [3.63, 3.8) is 0 Å². The lowest BCUT2D eigenvalue weighted by atomic mass is 10.2. The van der Waals surface area contributed by atoms with Crippen LogP contribution in [0.25, 0.3) is 6.08 Å². The molecular weight excluding hydrogens is 244 g/mol. The van der Waals surface area contributed by atoms with Crippen molar-refractivity contribution >= 4 is 12.0 Å². The highest BCUT2D eigenvalue weighted by molar-refractivity contribution is 6.01. The van der Waals surface area contributed by atoms with Gasteiger partial charge >= 0.3 is 0 Å². The Morgan fingerprint density at radius 3 is 2.95 bits per heavy atom. The summed E-state index contributed by atoms with van der Waals surface area (Å²) in [4.78, 5) is 11.7. The van der Waals surface area contributed by atoms with E-state index in [-0.39, 0.29) is 5.57 Å². The van der Waals surface area contributed by atoms with Gasteiger partial charge in [0.2, 0.25) is 0 Å². The van der Waals surface area contributed by atoms with Crippen LogP contribution in [0.1, 0.15) is 24.9 Å². The van der Waals surface area contributed by atoms with E-state index in [0.29, 0.717) is 25.5 Å². The molecule has 0 saturated heterocycles. The fourth-order valence-electron chi connectivity index (χ4n) is 1.44. The first-order valence-corrected chi connectivity index (χ1v) is 6.21. The number of hydrogen-bond acceptors (Lipinski definition) is 4. The molecule has 0 aromatic carbocycles. The zero-order valence-corrected chi connectivity index (χ0v) is 11.2. The number of aryl methyl sites for hydroxylation is 1. The molecule has 1 N–H and O–H groups in total. The van der Waals surface area contributed by atoms with Gasteiger partial charge in [-0.2, -0.15) is 5.26 Å². The highest BCUT2D eigenvalue weighted by atomic mass is 16.5. The lowest BCUT2D eigenvalue weighted by Gasteiger charge is -2.04. The van der Waals surface area contributed by atoms with Crippen LogP contribution in [0.5, 0.6) is 0 Å². The Labute approximate surface area is 112 Å². The molecule has 1 aromatic rings. The van der Waals surface area contributed by atoms with Gasteiger partial charge in [0.05, 0.1) is 0 Å². The zero-order chi connectivity index (χ0) is 14.1. The predicted molar refractivity (Wildman–Crippen MR) is 71.2 cm³/mol. The van der Waals surface area contributed by atoms with Crippen LogP contribution in [-0.4, -0.2) is 25.7 Å². The molecule has 0 aliphatic heterocycles. The summed E-state index contributed by atoms with van der Waals surface area (Å²) in [5, 5.41) is 11.6. The third-order valence-corrected chi connectivity index (χ3v) is 2.37. The topological polar surface area (TPSA) is 75.3 Å². The minimum Gasteiger partial charge on any atom is -0.462 e. The highest BCUT2D eigenvalue weighted by Gasteiger charge is 2.09. The van der Waals surface area contributed by atoms with Gasteiger partial charge < -0.3 is 14.5 Å². The first-order valence-electron chi connectivity index (χ1n) is 6.21. The molecule has 5 heteroatoms. The van der Waals surface area contributed by atoms with Crippen LogP contribution in [0, 0.1) is 18.3 Å². The van der Waals surface area contributed by atoms with Crippen molar-refractivity contribution in [3.8, 4) is 6.07 Å². The number of carbonyl (C=O) groups is 1. The fraction of sp³-hybridized carbons (Fsp3) is 0.429. The monoisotopic (exact) mass is 262 g/mol. The van der Waals surface area contributed by atoms with Crippen LogP contribution in [0.15, 0.2) is 22.1 Å². The van der Waals surface area contributed by atoms with Crippen molar-refractivity contribution in [2.75, 3.05) is 19.8 Å². The normalized spacial score (nSPS) is 11.1. The lowest BCUT2D eigenvalue weighted by Crippen LogP contribution is -2.26. The Kier molecular flexibility index (Phi) is 6.41. The van der Waals surface area contributed by atoms with Crippen molar-refractivity contribution in [1.82, 2.24) is 5.32 Å². The average molecular weight is 262 g/mol. The van der Waals surface area contributed by atoms with Crippen LogP contribution >= 0.6 is 0 Å². The van der Waals surface area contributed by atoms with Gasteiger partial charge in [0.1, 0.15) is 23.2 Å². The minimum atomic E-state index is -0.395. The molecule has 0 aliphatic rings. The molecule has 0 spiro atoms. The van der Waals surface area contributed by atoms with Crippen molar-refractivity contribution in [2.45, 2.75) is 20.3 Å². The number of nitrogens with zero attached hydrogens (tertiary/aromatic N) is 1. The van der Waals surface area contributed by atoms with Gasteiger partial charge in [0.25, 0.3) is 5.91 Å². The number of nitrogens with one attached hydrogen (secondary N) is 1. The number of nitriles is 1. The molecule has 0 radical (unpaired) electrons. The smallest absolute Gasteiger partial charge is 0.262 e. The Bertz CT molecular complexity index is 483. The molecule has 0 aliphatic carbocycles. The Morgan fingerprint density at radius 2 is 2.37 bits per heavy atom. The van der Waals surface area contributed by atoms with E-state index in [4.69, 9.17) is 14.4 Å². The highest BCUT2D eigenvalue weighted by Crippen LogP contribution is 2.10. The van der Waals surface area contributed by atoms with E-state index in [1.807, 2.05) is 13.0 Å². The van der Waals surface area contributed by atoms with E-state index in [0.717, 1.165) is 12.2 Å². The van der Waals surface area contributed by atoms with Gasteiger partial charge in [0, 0.05) is 25.8 Å². The lowest BCUT2D eigenvalue weighted by molar-refractivity contribution is -0.117. The third kappa shape index (κ3) is 5.40. The first kappa shape index (κ1) is 15.0. The average Bonchev–Trinajstić information content (AvgIpc) is 2.81. The second-order valence-corrected chi connectivity index (χ2v) is 3.92. The second kappa shape index (κ2) is 8.11. The molecule has 102 valence electrons. The largest absolute Gasteiger partial charge is 0.462 e. The molecule has 5 nitrogen and oxygen atoms in total. The number of rotatable bonds is 7. The van der Waals surface area contributed by atoms with Gasteiger partial charge in [-0.15, -0.1) is 0 Å². The standard InChI is InChI=1S/C14H18N2O3/c1-3-18-8-4-7-16-14(17)12(10-15)9-13-6-5-11(2)19-13/h5-6,9H,3-4,7-8H2,1-2H3,(H,16,17)/b12-9+. The van der Waals surface area contributed by atoms with Crippen molar-refractivity contribution in [3.05, 3.63) is 29.2 Å². The molecule has 0 bridgehead atoms. The molecule has 1 rings (SSSR count). The summed E-state index contributed by atoms with van der Waals surface area (Å²) >= 11 is 0. The molecule has 19 heavy (non-hydrogen) atoms. The zero-order valence-electron chi connectivity index (χ0n) is 11.2. The molecule has 0 atom stereocenters. The summed E-state index contributed by atoms with van der Waals surface area (Å²) in [5.41, 5.74) is 0.0331. The van der Waals surface area contributed by atoms with Gasteiger partial charge in [0.15, 0.2) is 0 Å². The number of carbonyl (C=O) groups excluding carboxylic acids is 1. The molecule has 1 aromatic heterocycles. The van der Waals surface area contributed by atoms with Gasteiger partial charge in [-0.3, -0.25) is 4.79 Å². The van der Waals surface area contributed by atoms with Crippen LogP contribution in [0.4, 0.5) is 0 Å². The Balaban J connectivity index is 2.49. The fourth-order valence-corrected chi connectivity index (χ4v) is 1.44. The summed E-state index contributed by atoms with van der Waals surface area (Å²) in [6, 6.07) is 5.37. The second-order valence-electron chi connectivity index (χ2n) is 3.92. The van der Waals surface area contributed by atoms with E-state index in [1.165, 1.54) is 6.08 Å². The third-order valence-electron chi connectivity index (χ3n) is 2.37. The maximum absolute atomic E-state index is 11.7. The summed E-state index contributed by atoms with van der Waals surface area (Å²) in [5.74, 6) is 0.840.